The Bertz CT molecular complexity index is 970. The maximum Gasteiger partial charge on any atom is 0.400 e. The van der Waals surface area contributed by atoms with Gasteiger partial charge in [0.2, 0.25) is 0 Å². The predicted octanol–water partition coefficient (Wildman–Crippen LogP) is 2.30. The summed E-state index contributed by atoms with van der Waals surface area (Å²) in [6.07, 6.45) is 2.84. The summed E-state index contributed by atoms with van der Waals surface area (Å²) in [5.74, 6) is 0.359. The fraction of sp³-hybridized carbons (Fsp3) is 0.368. The molecule has 0 saturated heterocycles. The lowest BCUT2D eigenvalue weighted by molar-refractivity contribution is -0.622. The van der Waals surface area contributed by atoms with Crippen LogP contribution in [0.4, 0.5) is 0 Å². The van der Waals surface area contributed by atoms with Crippen molar-refractivity contribution in [3.63, 3.8) is 0 Å². The van der Waals surface area contributed by atoms with Crippen molar-refractivity contribution < 1.29 is 9.47 Å². The Morgan fingerprint density at radius 3 is 2.72 bits per heavy atom. The van der Waals surface area contributed by atoms with E-state index in [0.29, 0.717) is 23.3 Å². The molecule has 0 atom stereocenters. The van der Waals surface area contributed by atoms with Gasteiger partial charge in [-0.05, 0) is 17.5 Å². The topological polar surface area (TPSA) is 74.0 Å². The average molecular weight is 341 g/mol. The number of aromatic nitrogens is 3. The third-order valence-electron chi connectivity index (χ3n) is 4.36. The average Bonchev–Trinajstić information content (AvgIpc) is 2.88. The van der Waals surface area contributed by atoms with Crippen LogP contribution in [-0.4, -0.2) is 16.7 Å². The molecule has 0 radical (unpaired) electrons. The Hall–Kier alpha value is -2.76. The summed E-state index contributed by atoms with van der Waals surface area (Å²) in [6.45, 7) is 3.94. The van der Waals surface area contributed by atoms with Gasteiger partial charge in [-0.3, -0.25) is 4.79 Å². The van der Waals surface area contributed by atoms with Crippen LogP contribution in [0.2, 0.25) is 0 Å². The zero-order valence-electron chi connectivity index (χ0n) is 15.0. The number of para-hydroxylation sites is 1. The molecule has 1 N–H and O–H groups in total. The van der Waals surface area contributed by atoms with Crippen molar-refractivity contribution in [1.82, 2.24) is 9.55 Å². The van der Waals surface area contributed by atoms with Gasteiger partial charge in [0.25, 0.3) is 5.69 Å². The van der Waals surface area contributed by atoms with Crippen molar-refractivity contribution in [2.75, 3.05) is 7.11 Å². The highest BCUT2D eigenvalue weighted by molar-refractivity contribution is 5.84. The Balaban J connectivity index is 2.09. The number of fused-ring (bicyclic) bond motifs is 1. The van der Waals surface area contributed by atoms with E-state index in [9.17, 15) is 10.0 Å². The molecule has 6 nitrogen and oxygen atoms in total. The van der Waals surface area contributed by atoms with Crippen LogP contribution in [0.15, 0.2) is 35.3 Å². The van der Waals surface area contributed by atoms with Crippen molar-refractivity contribution in [2.45, 2.75) is 26.7 Å². The first kappa shape index (κ1) is 17.1. The number of ether oxygens (including phenoxy) is 1. The molecule has 0 amide bonds. The fourth-order valence-electron chi connectivity index (χ4n) is 3.25. The lowest BCUT2D eigenvalue weighted by Gasteiger charge is -2.12. The number of aryl methyl sites for hydroxylation is 1. The predicted molar refractivity (Wildman–Crippen MR) is 96.8 cm³/mol. The van der Waals surface area contributed by atoms with E-state index in [1.807, 2.05) is 55.9 Å². The highest BCUT2D eigenvalue weighted by atomic mass is 16.5. The van der Waals surface area contributed by atoms with Crippen molar-refractivity contribution in [2.24, 2.45) is 13.0 Å². The monoisotopic (exact) mass is 341 g/mol. The van der Waals surface area contributed by atoms with Crippen molar-refractivity contribution in [3.05, 3.63) is 63.0 Å². The second-order valence-corrected chi connectivity index (χ2v) is 6.74. The molecule has 0 bridgehead atoms. The van der Waals surface area contributed by atoms with Gasteiger partial charge < -0.3 is 19.5 Å². The van der Waals surface area contributed by atoms with E-state index in [4.69, 9.17) is 4.74 Å². The maximum atomic E-state index is 12.6. The third-order valence-corrected chi connectivity index (χ3v) is 4.36. The minimum absolute atomic E-state index is 0.156. The van der Waals surface area contributed by atoms with Crippen LogP contribution in [0.5, 0.6) is 5.88 Å². The maximum absolute atomic E-state index is 12.6. The van der Waals surface area contributed by atoms with Gasteiger partial charge in [0, 0.05) is 37.0 Å². The molecule has 3 aromatic rings. The summed E-state index contributed by atoms with van der Waals surface area (Å²) in [5, 5.41) is 13.7. The Morgan fingerprint density at radius 2 is 2.04 bits per heavy atom. The molecule has 0 fully saturated rings. The molecule has 132 valence electrons. The number of benzene rings is 1. The summed E-state index contributed by atoms with van der Waals surface area (Å²) in [7, 11) is 3.43. The van der Waals surface area contributed by atoms with E-state index in [1.54, 1.807) is 0 Å². The van der Waals surface area contributed by atoms with Crippen molar-refractivity contribution in [1.29, 1.82) is 0 Å². The summed E-state index contributed by atoms with van der Waals surface area (Å²) < 4.78 is 7.99. The van der Waals surface area contributed by atoms with Gasteiger partial charge in [0.15, 0.2) is 0 Å². The van der Waals surface area contributed by atoms with Crippen LogP contribution in [-0.2, 0) is 19.9 Å². The quantitative estimate of drug-likeness (QED) is 0.571. The first-order valence-electron chi connectivity index (χ1n) is 8.36. The fourth-order valence-corrected chi connectivity index (χ4v) is 3.25. The van der Waals surface area contributed by atoms with Crippen molar-refractivity contribution >= 4 is 10.9 Å². The molecule has 2 aromatic heterocycles. The zero-order chi connectivity index (χ0) is 18.1. The number of methoxy groups -OCH3 is 1. The Labute approximate surface area is 146 Å². The zero-order valence-corrected chi connectivity index (χ0v) is 15.0. The van der Waals surface area contributed by atoms with Crippen LogP contribution in [0.1, 0.15) is 30.8 Å². The molecule has 6 heteroatoms. The third kappa shape index (κ3) is 3.12. The largest absolute Gasteiger partial charge is 0.616 e. The standard InChI is InChI=1S/C19H23N3O3/c1-12(2)9-17-18(23)20-15(19(25-4)22(17)24)10-13-11-21(3)16-8-6-5-7-14(13)16/h5-8,11-12H,9-10H2,1-4H3,(H,20,23). The number of nitrogens with one attached hydrogen (secondary N) is 1. The molecule has 0 saturated carbocycles. The Kier molecular flexibility index (Phi) is 4.53. The van der Waals surface area contributed by atoms with E-state index in [1.165, 1.54) is 7.11 Å². The molecule has 0 spiro atoms. The molecule has 0 aliphatic heterocycles. The van der Waals surface area contributed by atoms with Gasteiger partial charge in [-0.1, -0.05) is 32.0 Å². The van der Waals surface area contributed by atoms with Crippen LogP contribution < -0.4 is 15.0 Å². The number of hydrogen-bond acceptors (Lipinski definition) is 3. The second-order valence-electron chi connectivity index (χ2n) is 6.74. The van der Waals surface area contributed by atoms with Gasteiger partial charge in [-0.2, -0.15) is 0 Å². The van der Waals surface area contributed by atoms with Crippen LogP contribution in [0.25, 0.3) is 10.9 Å². The number of aromatic amines is 1. The van der Waals surface area contributed by atoms with Gasteiger partial charge in [-0.25, -0.2) is 0 Å². The van der Waals surface area contributed by atoms with E-state index in [2.05, 4.69) is 4.98 Å². The number of hydrogen-bond donors (Lipinski definition) is 1. The SMILES string of the molecule is COc1c(Cc2cn(C)c3ccccc23)[nH]c(=O)c(CC(C)C)[n+]1[O-]. The van der Waals surface area contributed by atoms with E-state index in [-0.39, 0.29) is 23.1 Å². The molecule has 0 unspecified atom stereocenters. The van der Waals surface area contributed by atoms with E-state index >= 15 is 0 Å². The number of rotatable bonds is 5. The minimum atomic E-state index is -0.347. The summed E-state index contributed by atoms with van der Waals surface area (Å²) in [4.78, 5) is 15.2. The number of H-pyrrole nitrogens is 1. The Morgan fingerprint density at radius 1 is 1.32 bits per heavy atom. The van der Waals surface area contributed by atoms with Gasteiger partial charge >= 0.3 is 11.4 Å². The minimum Gasteiger partial charge on any atom is -0.616 e. The molecule has 1 aromatic carbocycles. The van der Waals surface area contributed by atoms with E-state index in [0.717, 1.165) is 16.5 Å². The van der Waals surface area contributed by atoms with Crippen LogP contribution in [0.3, 0.4) is 0 Å². The second kappa shape index (κ2) is 6.63. The highest BCUT2D eigenvalue weighted by Gasteiger charge is 2.24. The first-order valence-corrected chi connectivity index (χ1v) is 8.36. The molecular weight excluding hydrogens is 318 g/mol. The molecule has 2 heterocycles. The number of nitrogens with zero attached hydrogens (tertiary/aromatic N) is 2. The van der Waals surface area contributed by atoms with Crippen LogP contribution in [0, 0.1) is 11.1 Å². The lowest BCUT2D eigenvalue weighted by atomic mass is 10.1. The molecule has 0 aliphatic rings. The van der Waals surface area contributed by atoms with Crippen molar-refractivity contribution in [3.8, 4) is 5.88 Å². The van der Waals surface area contributed by atoms with E-state index < -0.39 is 0 Å². The molecule has 0 aliphatic carbocycles. The van der Waals surface area contributed by atoms with Gasteiger partial charge in [0.05, 0.1) is 7.11 Å². The summed E-state index contributed by atoms with van der Waals surface area (Å²) in [5.41, 5.74) is 2.47. The van der Waals surface area contributed by atoms with Gasteiger partial charge in [-0.15, -0.1) is 4.73 Å². The van der Waals surface area contributed by atoms with Gasteiger partial charge in [0.1, 0.15) is 5.69 Å². The molecular formula is C19H23N3O3. The summed E-state index contributed by atoms with van der Waals surface area (Å²) >= 11 is 0. The molecule has 25 heavy (non-hydrogen) atoms. The normalized spacial score (nSPS) is 11.4. The highest BCUT2D eigenvalue weighted by Crippen LogP contribution is 2.24. The smallest absolute Gasteiger partial charge is 0.400 e. The molecule has 3 rings (SSSR count). The summed E-state index contributed by atoms with van der Waals surface area (Å²) in [6, 6.07) is 8.04. The van der Waals surface area contributed by atoms with Crippen LogP contribution >= 0.6 is 0 Å². The first-order chi connectivity index (χ1) is 11.9. The lowest BCUT2D eigenvalue weighted by Crippen LogP contribution is -2.43.